The molecule has 112 valence electrons. The van der Waals surface area contributed by atoms with Gasteiger partial charge in [-0.05, 0) is 12.1 Å². The number of nitro benzene ring substituents is 1. The highest BCUT2D eigenvalue weighted by Crippen LogP contribution is 2.18. The van der Waals surface area contributed by atoms with Crippen molar-refractivity contribution in [3.05, 3.63) is 46.0 Å². The third-order valence-corrected chi connectivity index (χ3v) is 3.34. The average molecular weight is 291 g/mol. The maximum Gasteiger partial charge on any atom is 0.276 e. The standard InChI is InChI=1S/C14H17N3O4/c1-21-13-9-15-8-11(13)16-14(18)7-6-10-4-2-3-5-12(10)17(19)20/h2-7,11,13,15H,8-9H2,1H3,(H,16,18)/b7-6+/t11?,13-/m0/s1. The minimum Gasteiger partial charge on any atom is -0.378 e. The number of nitrogens with one attached hydrogen (secondary N) is 2. The Kier molecular flexibility index (Phi) is 5.02. The summed E-state index contributed by atoms with van der Waals surface area (Å²) in [5.74, 6) is -0.302. The number of methoxy groups -OCH3 is 1. The Bertz CT molecular complexity index is 559. The summed E-state index contributed by atoms with van der Waals surface area (Å²) < 4.78 is 5.25. The number of rotatable bonds is 5. The first-order valence-electron chi connectivity index (χ1n) is 6.57. The number of ether oxygens (including phenoxy) is 1. The summed E-state index contributed by atoms with van der Waals surface area (Å²) in [5, 5.41) is 16.8. The quantitative estimate of drug-likeness (QED) is 0.473. The Balaban J connectivity index is 2.01. The third kappa shape index (κ3) is 3.87. The second-order valence-electron chi connectivity index (χ2n) is 4.70. The molecular weight excluding hydrogens is 274 g/mol. The predicted molar refractivity (Wildman–Crippen MR) is 77.7 cm³/mol. The van der Waals surface area contributed by atoms with Crippen LogP contribution in [0.2, 0.25) is 0 Å². The minimum absolute atomic E-state index is 0.0288. The van der Waals surface area contributed by atoms with Gasteiger partial charge in [0.2, 0.25) is 5.91 Å². The topological polar surface area (TPSA) is 93.5 Å². The molecule has 2 rings (SSSR count). The van der Waals surface area contributed by atoms with Gasteiger partial charge in [0.25, 0.3) is 5.69 Å². The van der Waals surface area contributed by atoms with Crippen LogP contribution in [0.4, 0.5) is 5.69 Å². The number of benzene rings is 1. The van der Waals surface area contributed by atoms with E-state index in [-0.39, 0.29) is 23.7 Å². The predicted octanol–water partition coefficient (Wildman–Crippen LogP) is 0.711. The molecule has 0 radical (unpaired) electrons. The summed E-state index contributed by atoms with van der Waals surface area (Å²) in [6, 6.07) is 6.17. The van der Waals surface area contributed by atoms with Crippen molar-refractivity contribution in [2.75, 3.05) is 20.2 Å². The van der Waals surface area contributed by atoms with Gasteiger partial charge in [0, 0.05) is 32.3 Å². The fourth-order valence-corrected chi connectivity index (χ4v) is 2.24. The highest BCUT2D eigenvalue weighted by Gasteiger charge is 2.27. The van der Waals surface area contributed by atoms with Crippen LogP contribution in [0.5, 0.6) is 0 Å². The van der Waals surface area contributed by atoms with Gasteiger partial charge in [0.15, 0.2) is 0 Å². The Morgan fingerprint density at radius 3 is 2.95 bits per heavy atom. The van der Waals surface area contributed by atoms with E-state index in [4.69, 9.17) is 4.74 Å². The van der Waals surface area contributed by atoms with Crippen molar-refractivity contribution in [1.82, 2.24) is 10.6 Å². The lowest BCUT2D eigenvalue weighted by Crippen LogP contribution is -2.42. The summed E-state index contributed by atoms with van der Waals surface area (Å²) in [6.45, 7) is 1.33. The van der Waals surface area contributed by atoms with Crippen molar-refractivity contribution < 1.29 is 14.5 Å². The lowest BCUT2D eigenvalue weighted by atomic mass is 10.1. The molecule has 0 aromatic heterocycles. The van der Waals surface area contributed by atoms with Crippen LogP contribution in [0.3, 0.4) is 0 Å². The van der Waals surface area contributed by atoms with Crippen LogP contribution in [0.25, 0.3) is 6.08 Å². The summed E-state index contributed by atoms with van der Waals surface area (Å²) in [5.41, 5.74) is 0.365. The molecule has 1 unspecified atom stereocenters. The molecule has 2 N–H and O–H groups in total. The number of carbonyl (C=O) groups is 1. The number of nitro groups is 1. The first-order chi connectivity index (χ1) is 10.1. The number of amides is 1. The van der Waals surface area contributed by atoms with Crippen LogP contribution in [0, 0.1) is 10.1 Å². The molecule has 1 aromatic carbocycles. The van der Waals surface area contributed by atoms with Gasteiger partial charge in [0.1, 0.15) is 0 Å². The summed E-state index contributed by atoms with van der Waals surface area (Å²) >= 11 is 0. The number of hydrogen-bond acceptors (Lipinski definition) is 5. The summed E-state index contributed by atoms with van der Waals surface area (Å²) in [4.78, 5) is 22.3. The molecule has 1 aromatic rings. The van der Waals surface area contributed by atoms with Gasteiger partial charge in [-0.2, -0.15) is 0 Å². The van der Waals surface area contributed by atoms with Gasteiger partial charge in [-0.25, -0.2) is 0 Å². The van der Waals surface area contributed by atoms with Crippen molar-refractivity contribution >= 4 is 17.7 Å². The molecule has 7 heteroatoms. The molecule has 1 aliphatic rings. The lowest BCUT2D eigenvalue weighted by molar-refractivity contribution is -0.385. The van der Waals surface area contributed by atoms with Gasteiger partial charge in [-0.3, -0.25) is 14.9 Å². The Hall–Kier alpha value is -2.25. The first kappa shape index (κ1) is 15.1. The van der Waals surface area contributed by atoms with Crippen LogP contribution in [-0.4, -0.2) is 43.2 Å². The van der Waals surface area contributed by atoms with E-state index < -0.39 is 4.92 Å². The zero-order chi connectivity index (χ0) is 15.2. The average Bonchev–Trinajstić information content (AvgIpc) is 2.92. The van der Waals surface area contributed by atoms with Crippen molar-refractivity contribution in [3.63, 3.8) is 0 Å². The zero-order valence-corrected chi connectivity index (χ0v) is 11.6. The maximum absolute atomic E-state index is 11.9. The summed E-state index contributed by atoms with van der Waals surface area (Å²) in [7, 11) is 1.60. The van der Waals surface area contributed by atoms with Gasteiger partial charge < -0.3 is 15.4 Å². The lowest BCUT2D eigenvalue weighted by Gasteiger charge is -2.17. The van der Waals surface area contributed by atoms with Crippen LogP contribution >= 0.6 is 0 Å². The van der Waals surface area contributed by atoms with Crippen molar-refractivity contribution in [3.8, 4) is 0 Å². The molecule has 0 aliphatic carbocycles. The van der Waals surface area contributed by atoms with Crippen LogP contribution in [0.1, 0.15) is 5.56 Å². The van der Waals surface area contributed by atoms with Crippen molar-refractivity contribution in [2.24, 2.45) is 0 Å². The zero-order valence-electron chi connectivity index (χ0n) is 11.6. The normalized spacial score (nSPS) is 21.6. The fraction of sp³-hybridized carbons (Fsp3) is 0.357. The van der Waals surface area contributed by atoms with E-state index in [2.05, 4.69) is 10.6 Å². The number of carbonyl (C=O) groups excluding carboxylic acids is 1. The van der Waals surface area contributed by atoms with Crippen LogP contribution in [0.15, 0.2) is 30.3 Å². The molecule has 1 heterocycles. The van der Waals surface area contributed by atoms with Crippen LogP contribution < -0.4 is 10.6 Å². The second kappa shape index (κ2) is 6.96. The SMILES string of the molecule is CO[C@H]1CNCC1NC(=O)/C=C/c1ccccc1[N+](=O)[O-]. The number of hydrogen-bond donors (Lipinski definition) is 2. The molecule has 1 aliphatic heterocycles. The Morgan fingerprint density at radius 2 is 2.24 bits per heavy atom. The van der Waals surface area contributed by atoms with Crippen LogP contribution in [-0.2, 0) is 9.53 Å². The largest absolute Gasteiger partial charge is 0.378 e. The molecule has 0 spiro atoms. The Morgan fingerprint density at radius 1 is 1.48 bits per heavy atom. The molecule has 1 fully saturated rings. The van der Waals surface area contributed by atoms with E-state index in [1.165, 1.54) is 18.2 Å². The van der Waals surface area contributed by atoms with E-state index in [0.717, 1.165) is 0 Å². The molecular formula is C14H17N3O4. The minimum atomic E-state index is -0.473. The smallest absolute Gasteiger partial charge is 0.276 e. The molecule has 21 heavy (non-hydrogen) atoms. The van der Waals surface area contributed by atoms with E-state index in [1.54, 1.807) is 25.3 Å². The molecule has 0 saturated carbocycles. The van der Waals surface area contributed by atoms with Gasteiger partial charge >= 0.3 is 0 Å². The molecule has 7 nitrogen and oxygen atoms in total. The van der Waals surface area contributed by atoms with E-state index >= 15 is 0 Å². The fourth-order valence-electron chi connectivity index (χ4n) is 2.24. The number of para-hydroxylation sites is 1. The Labute approximate surface area is 122 Å². The highest BCUT2D eigenvalue weighted by molar-refractivity contribution is 5.92. The van der Waals surface area contributed by atoms with Crippen molar-refractivity contribution in [1.29, 1.82) is 0 Å². The monoisotopic (exact) mass is 291 g/mol. The van der Waals surface area contributed by atoms with Gasteiger partial charge in [-0.15, -0.1) is 0 Å². The van der Waals surface area contributed by atoms with E-state index in [0.29, 0.717) is 18.7 Å². The number of nitrogens with zero attached hydrogens (tertiary/aromatic N) is 1. The first-order valence-corrected chi connectivity index (χ1v) is 6.57. The molecule has 1 amide bonds. The van der Waals surface area contributed by atoms with Gasteiger partial charge in [-0.1, -0.05) is 12.1 Å². The molecule has 2 atom stereocenters. The summed E-state index contributed by atoms with van der Waals surface area (Å²) in [6.07, 6.45) is 2.68. The van der Waals surface area contributed by atoms with E-state index in [9.17, 15) is 14.9 Å². The third-order valence-electron chi connectivity index (χ3n) is 3.34. The van der Waals surface area contributed by atoms with E-state index in [1.807, 2.05) is 0 Å². The molecule has 1 saturated heterocycles. The molecule has 0 bridgehead atoms. The maximum atomic E-state index is 11.9. The second-order valence-corrected chi connectivity index (χ2v) is 4.70. The van der Waals surface area contributed by atoms with Gasteiger partial charge in [0.05, 0.1) is 22.6 Å². The van der Waals surface area contributed by atoms with Crippen molar-refractivity contribution in [2.45, 2.75) is 12.1 Å². The highest BCUT2D eigenvalue weighted by atomic mass is 16.6.